The van der Waals surface area contributed by atoms with E-state index >= 15 is 0 Å². The second kappa shape index (κ2) is 4.09. The maximum Gasteiger partial charge on any atom is 0.160 e. The molecule has 0 N–H and O–H groups in total. The first-order valence-electron chi connectivity index (χ1n) is 3.58. The normalized spacial score (nSPS) is 10.6. The molecule has 0 unspecified atom stereocenters. The Bertz CT molecular complexity index is 260. The molecule has 1 aromatic rings. The summed E-state index contributed by atoms with van der Waals surface area (Å²) in [6, 6.07) is 3.80. The minimum Gasteiger partial charge on any atom is -0.297 e. The van der Waals surface area contributed by atoms with Crippen LogP contribution in [0, 0.1) is 0 Å². The molecule has 1 nitrogen and oxygen atoms in total. The first kappa shape index (κ1) is 8.21. The summed E-state index contributed by atoms with van der Waals surface area (Å²) in [7, 11) is 0. The fourth-order valence-electron chi connectivity index (χ4n) is 0.755. The van der Waals surface area contributed by atoms with Crippen LogP contribution < -0.4 is 0 Å². The minimum atomic E-state index is 0.792. The predicted molar refractivity (Wildman–Crippen MR) is 49.0 cm³/mol. The van der Waals surface area contributed by atoms with Gasteiger partial charge in [-0.3, -0.25) is 4.79 Å². The smallest absolute Gasteiger partial charge is 0.160 e. The van der Waals surface area contributed by atoms with Crippen LogP contribution in [0.5, 0.6) is 0 Å². The molecule has 11 heavy (non-hydrogen) atoms. The van der Waals surface area contributed by atoms with E-state index in [4.69, 9.17) is 0 Å². The lowest BCUT2D eigenvalue weighted by Gasteiger charge is -1.80. The van der Waals surface area contributed by atoms with Gasteiger partial charge in [0.1, 0.15) is 0 Å². The highest BCUT2D eigenvalue weighted by Gasteiger charge is 1.93. The molecule has 1 heterocycles. The summed E-state index contributed by atoms with van der Waals surface area (Å²) in [5, 5.41) is 0. The van der Waals surface area contributed by atoms with Gasteiger partial charge in [0, 0.05) is 4.88 Å². The van der Waals surface area contributed by atoms with Crippen molar-refractivity contribution in [3.8, 4) is 0 Å². The number of hydrogen-bond acceptors (Lipinski definition) is 2. The maximum absolute atomic E-state index is 10.3. The summed E-state index contributed by atoms with van der Waals surface area (Å²) in [6.07, 6.45) is 6.04. The largest absolute Gasteiger partial charge is 0.297 e. The Morgan fingerprint density at radius 2 is 2.18 bits per heavy atom. The SMILES string of the molecule is CCC=Cc1ccc(C=O)s1. The van der Waals surface area contributed by atoms with Crippen molar-refractivity contribution >= 4 is 23.7 Å². The Kier molecular flexibility index (Phi) is 3.05. The average Bonchev–Trinajstić information content (AvgIpc) is 2.48. The molecule has 1 rings (SSSR count). The Morgan fingerprint density at radius 1 is 1.45 bits per heavy atom. The fourth-order valence-corrected chi connectivity index (χ4v) is 1.51. The highest BCUT2D eigenvalue weighted by atomic mass is 32.1. The van der Waals surface area contributed by atoms with Crippen molar-refractivity contribution in [2.75, 3.05) is 0 Å². The first-order chi connectivity index (χ1) is 5.36. The zero-order valence-corrected chi connectivity index (χ0v) is 7.23. The number of hydrogen-bond donors (Lipinski definition) is 0. The molecular formula is C9H10OS. The average molecular weight is 166 g/mol. The van der Waals surface area contributed by atoms with Gasteiger partial charge in [-0.15, -0.1) is 11.3 Å². The van der Waals surface area contributed by atoms with Crippen LogP contribution in [0.1, 0.15) is 27.9 Å². The van der Waals surface area contributed by atoms with Crippen LogP contribution in [0.3, 0.4) is 0 Å². The van der Waals surface area contributed by atoms with Gasteiger partial charge in [0.2, 0.25) is 0 Å². The highest BCUT2D eigenvalue weighted by molar-refractivity contribution is 7.14. The topological polar surface area (TPSA) is 17.1 Å². The van der Waals surface area contributed by atoms with Gasteiger partial charge in [-0.05, 0) is 24.6 Å². The van der Waals surface area contributed by atoms with E-state index in [0.717, 1.165) is 22.5 Å². The summed E-state index contributed by atoms with van der Waals surface area (Å²) in [6.45, 7) is 2.09. The van der Waals surface area contributed by atoms with E-state index in [2.05, 4.69) is 13.0 Å². The molecule has 0 fully saturated rings. The van der Waals surface area contributed by atoms with Crippen molar-refractivity contribution < 1.29 is 4.79 Å². The second-order valence-corrected chi connectivity index (χ2v) is 3.32. The van der Waals surface area contributed by atoms with Crippen LogP contribution in [-0.4, -0.2) is 6.29 Å². The molecule has 0 atom stereocenters. The molecule has 0 aromatic carbocycles. The minimum absolute atomic E-state index is 0.792. The number of rotatable bonds is 3. The number of aldehydes is 1. The van der Waals surface area contributed by atoms with Crippen LogP contribution in [0.15, 0.2) is 18.2 Å². The Hall–Kier alpha value is -0.890. The van der Waals surface area contributed by atoms with Gasteiger partial charge in [0.15, 0.2) is 6.29 Å². The van der Waals surface area contributed by atoms with Crippen molar-refractivity contribution in [1.82, 2.24) is 0 Å². The zero-order chi connectivity index (χ0) is 8.10. The van der Waals surface area contributed by atoms with Crippen LogP contribution in [0.25, 0.3) is 6.08 Å². The van der Waals surface area contributed by atoms with Gasteiger partial charge in [-0.2, -0.15) is 0 Å². The first-order valence-corrected chi connectivity index (χ1v) is 4.40. The van der Waals surface area contributed by atoms with E-state index in [9.17, 15) is 4.79 Å². The van der Waals surface area contributed by atoms with Crippen LogP contribution in [-0.2, 0) is 0 Å². The molecule has 0 aliphatic heterocycles. The van der Waals surface area contributed by atoms with Crippen LogP contribution in [0.2, 0.25) is 0 Å². The Morgan fingerprint density at radius 3 is 2.73 bits per heavy atom. The van der Waals surface area contributed by atoms with E-state index in [1.54, 1.807) is 0 Å². The highest BCUT2D eigenvalue weighted by Crippen LogP contribution is 2.15. The molecule has 0 saturated carbocycles. The monoisotopic (exact) mass is 166 g/mol. The van der Waals surface area contributed by atoms with Gasteiger partial charge in [-0.25, -0.2) is 0 Å². The van der Waals surface area contributed by atoms with E-state index in [-0.39, 0.29) is 0 Å². The van der Waals surface area contributed by atoms with Crippen LogP contribution in [0.4, 0.5) is 0 Å². The third-order valence-corrected chi connectivity index (χ3v) is 2.26. The zero-order valence-electron chi connectivity index (χ0n) is 6.41. The third-order valence-electron chi connectivity index (χ3n) is 1.28. The lowest BCUT2D eigenvalue weighted by molar-refractivity contribution is 0.112. The molecular weight excluding hydrogens is 156 g/mol. The van der Waals surface area contributed by atoms with E-state index in [0.29, 0.717) is 0 Å². The van der Waals surface area contributed by atoms with Gasteiger partial charge < -0.3 is 0 Å². The standard InChI is InChI=1S/C9H10OS/c1-2-3-4-8-5-6-9(7-10)11-8/h3-7H,2H2,1H3. The molecule has 0 radical (unpaired) electrons. The lowest BCUT2D eigenvalue weighted by atomic mass is 10.3. The summed E-state index contributed by atoms with van der Waals surface area (Å²) in [5.74, 6) is 0. The van der Waals surface area contributed by atoms with Crippen molar-refractivity contribution in [2.24, 2.45) is 0 Å². The quantitative estimate of drug-likeness (QED) is 0.631. The van der Waals surface area contributed by atoms with Gasteiger partial charge >= 0.3 is 0 Å². The van der Waals surface area contributed by atoms with Gasteiger partial charge in [0.05, 0.1) is 4.88 Å². The molecule has 1 aromatic heterocycles. The van der Waals surface area contributed by atoms with Crippen molar-refractivity contribution in [3.05, 3.63) is 28.0 Å². The second-order valence-electron chi connectivity index (χ2n) is 2.17. The Labute approximate surface area is 70.4 Å². The van der Waals surface area contributed by atoms with Gasteiger partial charge in [0.25, 0.3) is 0 Å². The van der Waals surface area contributed by atoms with Gasteiger partial charge in [-0.1, -0.05) is 13.0 Å². The maximum atomic E-state index is 10.3. The molecule has 0 bridgehead atoms. The third kappa shape index (κ3) is 2.31. The summed E-state index contributed by atoms with van der Waals surface area (Å²) < 4.78 is 0. The number of allylic oxidation sites excluding steroid dienone is 1. The molecule has 58 valence electrons. The summed E-state index contributed by atoms with van der Waals surface area (Å²) in [4.78, 5) is 12.2. The summed E-state index contributed by atoms with van der Waals surface area (Å²) in [5.41, 5.74) is 0. The lowest BCUT2D eigenvalue weighted by Crippen LogP contribution is -1.62. The van der Waals surface area contributed by atoms with E-state index in [1.165, 1.54) is 11.3 Å². The molecule has 0 aliphatic rings. The molecule has 0 aliphatic carbocycles. The fraction of sp³-hybridized carbons (Fsp3) is 0.222. The molecule has 0 spiro atoms. The van der Waals surface area contributed by atoms with E-state index < -0.39 is 0 Å². The molecule has 0 saturated heterocycles. The van der Waals surface area contributed by atoms with Crippen molar-refractivity contribution in [3.63, 3.8) is 0 Å². The molecule has 2 heteroatoms. The van der Waals surface area contributed by atoms with Crippen molar-refractivity contribution in [2.45, 2.75) is 13.3 Å². The number of carbonyl (C=O) groups is 1. The predicted octanol–water partition coefficient (Wildman–Crippen LogP) is 2.98. The Balaban J connectivity index is 2.72. The number of carbonyl (C=O) groups excluding carboxylic acids is 1. The van der Waals surface area contributed by atoms with E-state index in [1.807, 2.05) is 18.2 Å². The summed E-state index contributed by atoms with van der Waals surface area (Å²) >= 11 is 1.52. The molecule has 0 amide bonds. The number of thiophene rings is 1. The van der Waals surface area contributed by atoms with Crippen LogP contribution >= 0.6 is 11.3 Å². The van der Waals surface area contributed by atoms with Crippen molar-refractivity contribution in [1.29, 1.82) is 0 Å².